The molecule has 0 atom stereocenters. The molecule has 0 radical (unpaired) electrons. The summed E-state index contributed by atoms with van der Waals surface area (Å²) in [7, 11) is 0. The lowest BCUT2D eigenvalue weighted by molar-refractivity contribution is 0.950. The highest BCUT2D eigenvalue weighted by atomic mass is 35.5. The molecule has 0 aromatic heterocycles. The third kappa shape index (κ3) is 3.62. The summed E-state index contributed by atoms with van der Waals surface area (Å²) in [5, 5.41) is 0. The quantitative estimate of drug-likeness (QED) is 0.737. The molecule has 1 rings (SSSR count). The van der Waals surface area contributed by atoms with Gasteiger partial charge in [0, 0.05) is 0 Å². The minimum Gasteiger partial charge on any atom is -0.330 e. The van der Waals surface area contributed by atoms with E-state index >= 15 is 0 Å². The van der Waals surface area contributed by atoms with Gasteiger partial charge in [0.25, 0.3) is 0 Å². The van der Waals surface area contributed by atoms with E-state index in [2.05, 4.69) is 30.8 Å². The standard InChI is InChI=1S/C11H15N.ClH/c1-2-5-10-6-3-4-7-11(10)8-9-12;/h2-4,6-7H,1,5,8-9,12H2;1H. The molecule has 2 heteroatoms. The fourth-order valence-corrected chi connectivity index (χ4v) is 1.31. The smallest absolute Gasteiger partial charge is 0.00366 e. The van der Waals surface area contributed by atoms with Crippen molar-refractivity contribution in [1.82, 2.24) is 0 Å². The third-order valence-electron chi connectivity index (χ3n) is 1.90. The lowest BCUT2D eigenvalue weighted by Gasteiger charge is -2.04. The SMILES string of the molecule is C=CCc1ccccc1CCN.Cl. The fourth-order valence-electron chi connectivity index (χ4n) is 1.31. The molecule has 1 aromatic carbocycles. The molecular weight excluding hydrogens is 182 g/mol. The van der Waals surface area contributed by atoms with Crippen molar-refractivity contribution in [1.29, 1.82) is 0 Å². The van der Waals surface area contributed by atoms with E-state index in [0.717, 1.165) is 12.8 Å². The normalized spacial score (nSPS) is 9.00. The second-order valence-corrected chi connectivity index (χ2v) is 2.80. The van der Waals surface area contributed by atoms with Gasteiger partial charge >= 0.3 is 0 Å². The molecule has 72 valence electrons. The van der Waals surface area contributed by atoms with Gasteiger partial charge in [0.2, 0.25) is 0 Å². The van der Waals surface area contributed by atoms with Crippen molar-refractivity contribution in [2.75, 3.05) is 6.54 Å². The Labute approximate surface area is 86.1 Å². The van der Waals surface area contributed by atoms with E-state index in [0.29, 0.717) is 6.54 Å². The molecule has 0 fully saturated rings. The van der Waals surface area contributed by atoms with Gasteiger partial charge in [0.05, 0.1) is 0 Å². The molecule has 0 aliphatic carbocycles. The molecule has 0 unspecified atom stereocenters. The van der Waals surface area contributed by atoms with Crippen molar-refractivity contribution in [2.45, 2.75) is 12.8 Å². The topological polar surface area (TPSA) is 26.0 Å². The Bertz CT molecular complexity index is 258. The Balaban J connectivity index is 0.00000144. The predicted molar refractivity (Wildman–Crippen MR) is 60.3 cm³/mol. The Morgan fingerprint density at radius 3 is 2.38 bits per heavy atom. The van der Waals surface area contributed by atoms with Crippen molar-refractivity contribution in [2.24, 2.45) is 5.73 Å². The predicted octanol–water partition coefficient (Wildman–Crippen LogP) is 2.34. The van der Waals surface area contributed by atoms with Crippen LogP contribution in [0.15, 0.2) is 36.9 Å². The van der Waals surface area contributed by atoms with Crippen molar-refractivity contribution >= 4 is 12.4 Å². The van der Waals surface area contributed by atoms with Gasteiger partial charge in [-0.05, 0) is 30.5 Å². The second kappa shape index (κ2) is 6.70. The molecule has 1 nitrogen and oxygen atoms in total. The number of nitrogens with two attached hydrogens (primary N) is 1. The van der Waals surface area contributed by atoms with Crippen LogP contribution in [0, 0.1) is 0 Å². The molecule has 0 heterocycles. The average Bonchev–Trinajstić information content (AvgIpc) is 2.09. The van der Waals surface area contributed by atoms with Gasteiger partial charge in [-0.1, -0.05) is 30.3 Å². The van der Waals surface area contributed by atoms with Crippen molar-refractivity contribution < 1.29 is 0 Å². The highest BCUT2D eigenvalue weighted by Gasteiger charge is 1.97. The zero-order chi connectivity index (χ0) is 8.81. The summed E-state index contributed by atoms with van der Waals surface area (Å²) in [6.45, 7) is 4.44. The van der Waals surface area contributed by atoms with Crippen LogP contribution in [0.4, 0.5) is 0 Å². The third-order valence-corrected chi connectivity index (χ3v) is 1.90. The maximum absolute atomic E-state index is 5.50. The first-order chi connectivity index (χ1) is 5.88. The lowest BCUT2D eigenvalue weighted by Crippen LogP contribution is -2.04. The Morgan fingerprint density at radius 2 is 1.85 bits per heavy atom. The van der Waals surface area contributed by atoms with Crippen LogP contribution < -0.4 is 5.73 Å². The van der Waals surface area contributed by atoms with E-state index < -0.39 is 0 Å². The van der Waals surface area contributed by atoms with E-state index in [4.69, 9.17) is 5.73 Å². The number of rotatable bonds is 4. The number of benzene rings is 1. The van der Waals surface area contributed by atoms with Gasteiger partial charge in [-0.3, -0.25) is 0 Å². The fraction of sp³-hybridized carbons (Fsp3) is 0.273. The van der Waals surface area contributed by atoms with Gasteiger partial charge in [-0.25, -0.2) is 0 Å². The zero-order valence-corrected chi connectivity index (χ0v) is 8.52. The molecule has 13 heavy (non-hydrogen) atoms. The minimum absolute atomic E-state index is 0. The summed E-state index contributed by atoms with van der Waals surface area (Å²) >= 11 is 0. The van der Waals surface area contributed by atoms with Crippen LogP contribution in [0.5, 0.6) is 0 Å². The highest BCUT2D eigenvalue weighted by Crippen LogP contribution is 2.09. The summed E-state index contributed by atoms with van der Waals surface area (Å²) in [5.41, 5.74) is 8.19. The number of halogens is 1. The van der Waals surface area contributed by atoms with Crippen LogP contribution in [0.25, 0.3) is 0 Å². The second-order valence-electron chi connectivity index (χ2n) is 2.80. The first-order valence-electron chi connectivity index (χ1n) is 4.26. The molecule has 0 spiro atoms. The van der Waals surface area contributed by atoms with E-state index in [-0.39, 0.29) is 12.4 Å². The summed E-state index contributed by atoms with van der Waals surface area (Å²) in [6.07, 6.45) is 3.83. The highest BCUT2D eigenvalue weighted by molar-refractivity contribution is 5.85. The Morgan fingerprint density at radius 1 is 1.23 bits per heavy atom. The van der Waals surface area contributed by atoms with Crippen molar-refractivity contribution in [3.05, 3.63) is 48.0 Å². The molecule has 0 amide bonds. The molecule has 0 saturated carbocycles. The molecule has 0 aliphatic heterocycles. The number of allylic oxidation sites excluding steroid dienone is 1. The minimum atomic E-state index is 0. The summed E-state index contributed by atoms with van der Waals surface area (Å²) in [4.78, 5) is 0. The van der Waals surface area contributed by atoms with Gasteiger partial charge in [-0.15, -0.1) is 19.0 Å². The van der Waals surface area contributed by atoms with E-state index in [1.54, 1.807) is 0 Å². The molecular formula is C11H16ClN. The maximum Gasteiger partial charge on any atom is -0.00366 e. The number of hydrogen-bond donors (Lipinski definition) is 1. The van der Waals surface area contributed by atoms with Crippen LogP contribution in [0.2, 0.25) is 0 Å². The van der Waals surface area contributed by atoms with Gasteiger partial charge in [-0.2, -0.15) is 0 Å². The Kier molecular flexibility index (Phi) is 6.29. The van der Waals surface area contributed by atoms with Crippen molar-refractivity contribution in [3.8, 4) is 0 Å². The van der Waals surface area contributed by atoms with E-state index in [9.17, 15) is 0 Å². The number of hydrogen-bond acceptors (Lipinski definition) is 1. The zero-order valence-electron chi connectivity index (χ0n) is 7.70. The largest absolute Gasteiger partial charge is 0.330 e. The van der Waals surface area contributed by atoms with Gasteiger partial charge in [0.15, 0.2) is 0 Å². The summed E-state index contributed by atoms with van der Waals surface area (Å²) in [6, 6.07) is 8.37. The average molecular weight is 198 g/mol. The molecule has 0 aliphatic rings. The van der Waals surface area contributed by atoms with Crippen LogP contribution in [-0.2, 0) is 12.8 Å². The van der Waals surface area contributed by atoms with Gasteiger partial charge in [0.1, 0.15) is 0 Å². The van der Waals surface area contributed by atoms with Crippen LogP contribution in [0.3, 0.4) is 0 Å². The molecule has 0 bridgehead atoms. The van der Waals surface area contributed by atoms with Crippen molar-refractivity contribution in [3.63, 3.8) is 0 Å². The van der Waals surface area contributed by atoms with Crippen LogP contribution in [-0.4, -0.2) is 6.54 Å². The molecule has 0 saturated heterocycles. The summed E-state index contributed by atoms with van der Waals surface area (Å²) in [5.74, 6) is 0. The monoisotopic (exact) mass is 197 g/mol. The first kappa shape index (κ1) is 12.2. The van der Waals surface area contributed by atoms with Gasteiger partial charge < -0.3 is 5.73 Å². The molecule has 1 aromatic rings. The maximum atomic E-state index is 5.50. The summed E-state index contributed by atoms with van der Waals surface area (Å²) < 4.78 is 0. The van der Waals surface area contributed by atoms with E-state index in [1.807, 2.05) is 6.08 Å². The molecule has 2 N–H and O–H groups in total. The van der Waals surface area contributed by atoms with Crippen LogP contribution >= 0.6 is 12.4 Å². The van der Waals surface area contributed by atoms with Crippen LogP contribution in [0.1, 0.15) is 11.1 Å². The Hall–Kier alpha value is -0.790. The lowest BCUT2D eigenvalue weighted by atomic mass is 10.0. The first-order valence-corrected chi connectivity index (χ1v) is 4.26. The van der Waals surface area contributed by atoms with E-state index in [1.165, 1.54) is 11.1 Å².